The summed E-state index contributed by atoms with van der Waals surface area (Å²) < 4.78 is 2.38. The van der Waals surface area contributed by atoms with E-state index >= 15 is 0 Å². The van der Waals surface area contributed by atoms with Crippen molar-refractivity contribution in [2.75, 3.05) is 7.05 Å². The second-order valence-electron chi connectivity index (χ2n) is 9.56. The van der Waals surface area contributed by atoms with Crippen molar-refractivity contribution in [1.29, 1.82) is 5.41 Å². The molecular formula is C35H29N3. The smallest absolute Gasteiger partial charge is 0.0949 e. The van der Waals surface area contributed by atoms with Gasteiger partial charge in [0, 0.05) is 23.5 Å². The molecule has 0 aliphatic heterocycles. The van der Waals surface area contributed by atoms with Crippen molar-refractivity contribution in [3.63, 3.8) is 0 Å². The molecule has 0 aliphatic carbocycles. The first-order chi connectivity index (χ1) is 18.7. The van der Waals surface area contributed by atoms with Crippen molar-refractivity contribution >= 4 is 33.2 Å². The number of nitrogens with zero attached hydrogens (tertiary/aromatic N) is 2. The van der Waals surface area contributed by atoms with E-state index in [4.69, 9.17) is 5.41 Å². The van der Waals surface area contributed by atoms with E-state index in [1.54, 1.807) is 0 Å². The van der Waals surface area contributed by atoms with Gasteiger partial charge in [0.25, 0.3) is 0 Å². The monoisotopic (exact) mass is 491 g/mol. The van der Waals surface area contributed by atoms with Gasteiger partial charge in [0.15, 0.2) is 0 Å². The molecule has 5 aromatic carbocycles. The maximum atomic E-state index is 8.81. The minimum Gasteiger partial charge on any atom is -0.356 e. The fourth-order valence-electron chi connectivity index (χ4n) is 5.17. The highest BCUT2D eigenvalue weighted by Gasteiger charge is 2.16. The van der Waals surface area contributed by atoms with Crippen LogP contribution in [0.3, 0.4) is 0 Å². The molecule has 0 unspecified atom stereocenters. The van der Waals surface area contributed by atoms with E-state index in [-0.39, 0.29) is 0 Å². The predicted molar refractivity (Wildman–Crippen MR) is 160 cm³/mol. The summed E-state index contributed by atoms with van der Waals surface area (Å²) in [5.74, 6) is 0. The summed E-state index contributed by atoms with van der Waals surface area (Å²) in [6.45, 7) is 0.650. The molecule has 3 nitrogen and oxygen atoms in total. The second-order valence-corrected chi connectivity index (χ2v) is 9.56. The number of nitrogens with one attached hydrogen (secondary N) is 1. The summed E-state index contributed by atoms with van der Waals surface area (Å²) >= 11 is 0. The molecule has 1 aromatic heterocycles. The molecule has 6 aromatic rings. The second kappa shape index (κ2) is 10.2. The van der Waals surface area contributed by atoms with Gasteiger partial charge in [0.2, 0.25) is 0 Å². The number of rotatable bonds is 7. The summed E-state index contributed by atoms with van der Waals surface area (Å²) in [4.78, 5) is 2.24. The summed E-state index contributed by atoms with van der Waals surface area (Å²) in [7, 11) is 2.11. The van der Waals surface area contributed by atoms with Crippen LogP contribution in [0, 0.1) is 5.41 Å². The largest absolute Gasteiger partial charge is 0.356 e. The van der Waals surface area contributed by atoms with E-state index in [9.17, 15) is 0 Å². The minimum atomic E-state index is 0.492. The van der Waals surface area contributed by atoms with E-state index in [0.29, 0.717) is 12.4 Å². The molecule has 6 rings (SSSR count). The lowest BCUT2D eigenvalue weighted by atomic mass is 10.0. The highest BCUT2D eigenvalue weighted by molar-refractivity contribution is 6.10. The van der Waals surface area contributed by atoms with E-state index in [1.165, 1.54) is 32.9 Å². The van der Waals surface area contributed by atoms with Crippen molar-refractivity contribution in [3.05, 3.63) is 151 Å². The number of allylic oxidation sites excluding steroid dienone is 1. The maximum Gasteiger partial charge on any atom is 0.0949 e. The first-order valence-corrected chi connectivity index (χ1v) is 12.9. The van der Waals surface area contributed by atoms with Crippen molar-refractivity contribution in [3.8, 4) is 11.1 Å². The predicted octanol–water partition coefficient (Wildman–Crippen LogP) is 8.46. The van der Waals surface area contributed by atoms with E-state index in [1.807, 2.05) is 42.5 Å². The highest BCUT2D eigenvalue weighted by atomic mass is 15.2. The molecule has 1 N–H and O–H groups in total. The Kier molecular flexibility index (Phi) is 6.33. The fraction of sp³-hybridized carbons (Fsp3) is 0.0571. The number of aromatic nitrogens is 1. The number of fused-ring (bicyclic) bond motifs is 3. The summed E-state index contributed by atoms with van der Waals surface area (Å²) in [5.41, 5.74) is 8.32. The van der Waals surface area contributed by atoms with Crippen LogP contribution in [0.5, 0.6) is 0 Å². The van der Waals surface area contributed by atoms with Crippen LogP contribution in [0.1, 0.15) is 11.1 Å². The van der Waals surface area contributed by atoms with Gasteiger partial charge in [-0.05, 0) is 46.5 Å². The van der Waals surface area contributed by atoms with Crippen molar-refractivity contribution in [2.24, 2.45) is 0 Å². The van der Waals surface area contributed by atoms with Crippen LogP contribution in [0.25, 0.3) is 38.6 Å². The molecule has 38 heavy (non-hydrogen) atoms. The van der Waals surface area contributed by atoms with Crippen LogP contribution in [-0.2, 0) is 6.67 Å². The third-order valence-corrected chi connectivity index (χ3v) is 7.08. The Morgan fingerprint density at radius 2 is 1.21 bits per heavy atom. The number of hydrogen-bond acceptors (Lipinski definition) is 2. The van der Waals surface area contributed by atoms with Gasteiger partial charge >= 0.3 is 0 Å². The highest BCUT2D eigenvalue weighted by Crippen LogP contribution is 2.33. The van der Waals surface area contributed by atoms with E-state index in [0.717, 1.165) is 16.8 Å². The third kappa shape index (κ3) is 4.51. The van der Waals surface area contributed by atoms with Gasteiger partial charge < -0.3 is 14.9 Å². The van der Waals surface area contributed by atoms with Crippen molar-refractivity contribution < 1.29 is 0 Å². The first kappa shape index (κ1) is 23.5. The molecule has 0 amide bonds. The quantitative estimate of drug-likeness (QED) is 0.223. The average Bonchev–Trinajstić information content (AvgIpc) is 3.29. The van der Waals surface area contributed by atoms with E-state index in [2.05, 4.69) is 114 Å². The molecule has 0 aliphatic rings. The van der Waals surface area contributed by atoms with Crippen LogP contribution in [-0.4, -0.2) is 22.2 Å². The molecule has 0 atom stereocenters. The van der Waals surface area contributed by atoms with Crippen LogP contribution in [0.4, 0.5) is 0 Å². The molecule has 0 bridgehead atoms. The summed E-state index contributed by atoms with van der Waals surface area (Å²) in [5, 5.41) is 11.3. The Morgan fingerprint density at radius 1 is 0.632 bits per heavy atom. The molecule has 0 saturated heterocycles. The standard InChI is InChI=1S/C35H29N3/c1-37(35(28-17-9-4-10-18-28)24-32(36)27-15-7-3-8-16-27)25-38-33-20-12-11-19-30(33)31-23-29(21-22-34(31)38)26-13-5-2-6-14-26/h2-24,36H,25H2,1H3/b35-24-,36-32?. The maximum absolute atomic E-state index is 8.81. The van der Waals surface area contributed by atoms with Gasteiger partial charge in [0.1, 0.15) is 0 Å². The van der Waals surface area contributed by atoms with Crippen molar-refractivity contribution in [2.45, 2.75) is 6.67 Å². The Balaban J connectivity index is 1.44. The topological polar surface area (TPSA) is 32.0 Å². The van der Waals surface area contributed by atoms with Gasteiger partial charge in [0.05, 0.1) is 23.4 Å². The van der Waals surface area contributed by atoms with Crippen LogP contribution in [0.15, 0.2) is 140 Å². The van der Waals surface area contributed by atoms with Crippen LogP contribution in [0.2, 0.25) is 0 Å². The number of benzene rings is 5. The van der Waals surface area contributed by atoms with Crippen molar-refractivity contribution in [1.82, 2.24) is 9.47 Å². The number of hydrogen-bond donors (Lipinski definition) is 1. The number of para-hydroxylation sites is 1. The lowest BCUT2D eigenvalue weighted by Gasteiger charge is -2.25. The molecule has 184 valence electrons. The van der Waals surface area contributed by atoms with Gasteiger partial charge in [-0.2, -0.15) is 0 Å². The first-order valence-electron chi connectivity index (χ1n) is 12.9. The minimum absolute atomic E-state index is 0.492. The Bertz CT molecular complexity index is 1750. The van der Waals surface area contributed by atoms with Crippen LogP contribution >= 0.6 is 0 Å². The van der Waals surface area contributed by atoms with Gasteiger partial charge in [-0.15, -0.1) is 0 Å². The normalized spacial score (nSPS) is 11.7. The SMILES string of the molecule is CN(Cn1c2ccccc2c2cc(-c3ccccc3)ccc21)/C(=C\C(=N)c1ccccc1)c1ccccc1. The van der Waals surface area contributed by atoms with Gasteiger partial charge in [-0.1, -0.05) is 115 Å². The van der Waals surface area contributed by atoms with Gasteiger partial charge in [-0.25, -0.2) is 0 Å². The third-order valence-electron chi connectivity index (χ3n) is 7.08. The zero-order chi connectivity index (χ0) is 25.9. The Hall–Kier alpha value is -4.89. The molecule has 3 heteroatoms. The zero-order valence-electron chi connectivity index (χ0n) is 21.4. The average molecular weight is 492 g/mol. The molecule has 0 fully saturated rings. The molecule has 0 saturated carbocycles. The Morgan fingerprint density at radius 3 is 1.92 bits per heavy atom. The zero-order valence-corrected chi connectivity index (χ0v) is 21.4. The lowest BCUT2D eigenvalue weighted by Crippen LogP contribution is -2.21. The van der Waals surface area contributed by atoms with Gasteiger partial charge in [-0.3, -0.25) is 0 Å². The molecule has 0 spiro atoms. The molecular weight excluding hydrogens is 462 g/mol. The molecule has 1 heterocycles. The summed E-state index contributed by atoms with van der Waals surface area (Å²) in [6, 6.07) is 46.2. The molecule has 0 radical (unpaired) electrons. The lowest BCUT2D eigenvalue weighted by molar-refractivity contribution is 0.398. The summed E-state index contributed by atoms with van der Waals surface area (Å²) in [6.07, 6.45) is 1.98. The van der Waals surface area contributed by atoms with Crippen LogP contribution < -0.4 is 0 Å². The fourth-order valence-corrected chi connectivity index (χ4v) is 5.17. The Labute approximate surface area is 223 Å². The van der Waals surface area contributed by atoms with E-state index < -0.39 is 0 Å².